The molecule has 0 atom stereocenters. The Balaban J connectivity index is 2.94. The highest BCUT2D eigenvalue weighted by molar-refractivity contribution is 7.18. The Morgan fingerprint density at radius 3 is 2.58 bits per heavy atom. The van der Waals surface area contributed by atoms with E-state index in [1.54, 1.807) is 0 Å². The number of hydrogen-bond donors (Lipinski definition) is 1. The topological polar surface area (TPSA) is 49.8 Å². The van der Waals surface area contributed by atoms with Crippen LogP contribution >= 0.6 is 11.3 Å². The highest BCUT2D eigenvalue weighted by atomic mass is 32.1. The van der Waals surface area contributed by atoms with Gasteiger partial charge >= 0.3 is 0 Å². The molecule has 2 aromatic rings. The van der Waals surface area contributed by atoms with Crippen molar-refractivity contribution in [3.63, 3.8) is 0 Å². The van der Waals surface area contributed by atoms with E-state index in [0.717, 1.165) is 15.8 Å². The summed E-state index contributed by atoms with van der Waals surface area (Å²) >= 11 is 1.34. The first-order chi connectivity index (χ1) is 5.83. The van der Waals surface area contributed by atoms with Crippen molar-refractivity contribution in [2.75, 3.05) is 5.73 Å². The molecule has 0 amide bonds. The van der Waals surface area contributed by atoms with Crippen molar-refractivity contribution >= 4 is 27.1 Å². The number of rotatable bonds is 0. The zero-order valence-electron chi connectivity index (χ0n) is 6.24. The number of thiophene rings is 1. The standard InChI is InChI=1S/C9H6N2S/c10-5-8-6-3-1-2-4-7(6)9(11)12-8/h1-4H,11H2. The molecule has 0 spiro atoms. The zero-order chi connectivity index (χ0) is 8.55. The van der Waals surface area contributed by atoms with Crippen LogP contribution in [-0.4, -0.2) is 0 Å². The first-order valence-electron chi connectivity index (χ1n) is 3.50. The third-order valence-electron chi connectivity index (χ3n) is 1.75. The van der Waals surface area contributed by atoms with E-state index in [-0.39, 0.29) is 0 Å². The number of nitriles is 1. The van der Waals surface area contributed by atoms with Gasteiger partial charge in [-0.25, -0.2) is 0 Å². The Morgan fingerprint density at radius 1 is 1.25 bits per heavy atom. The number of anilines is 1. The third-order valence-corrected chi connectivity index (χ3v) is 2.71. The summed E-state index contributed by atoms with van der Waals surface area (Å²) in [6.07, 6.45) is 0. The van der Waals surface area contributed by atoms with Crippen LogP contribution in [0.25, 0.3) is 10.8 Å². The van der Waals surface area contributed by atoms with Crippen LogP contribution in [0.15, 0.2) is 24.3 Å². The minimum atomic E-state index is 0.697. The molecule has 0 fully saturated rings. The van der Waals surface area contributed by atoms with Crippen molar-refractivity contribution < 1.29 is 0 Å². The highest BCUT2D eigenvalue weighted by Gasteiger charge is 2.06. The van der Waals surface area contributed by atoms with Gasteiger partial charge in [-0.3, -0.25) is 0 Å². The molecule has 2 nitrogen and oxygen atoms in total. The van der Waals surface area contributed by atoms with Gasteiger partial charge in [0, 0.05) is 10.8 Å². The molecule has 0 saturated carbocycles. The summed E-state index contributed by atoms with van der Waals surface area (Å²) in [6.45, 7) is 0. The SMILES string of the molecule is N#Cc1sc(N)c2ccccc12. The molecule has 0 saturated heterocycles. The Bertz CT molecular complexity index is 465. The van der Waals surface area contributed by atoms with Crippen LogP contribution in [-0.2, 0) is 0 Å². The molecular weight excluding hydrogens is 168 g/mol. The van der Waals surface area contributed by atoms with Gasteiger partial charge in [-0.15, -0.1) is 11.3 Å². The van der Waals surface area contributed by atoms with Crippen molar-refractivity contribution in [2.45, 2.75) is 0 Å². The smallest absolute Gasteiger partial charge is 0.114 e. The van der Waals surface area contributed by atoms with Crippen molar-refractivity contribution in [3.8, 4) is 6.07 Å². The van der Waals surface area contributed by atoms with Gasteiger partial charge in [0.2, 0.25) is 0 Å². The average molecular weight is 174 g/mol. The van der Waals surface area contributed by atoms with Crippen molar-refractivity contribution in [1.29, 1.82) is 5.26 Å². The number of nitrogens with two attached hydrogens (primary N) is 1. The van der Waals surface area contributed by atoms with E-state index in [2.05, 4.69) is 6.07 Å². The summed E-state index contributed by atoms with van der Waals surface area (Å²) in [5.41, 5.74) is 5.72. The van der Waals surface area contributed by atoms with Crippen LogP contribution in [0.1, 0.15) is 4.88 Å². The van der Waals surface area contributed by atoms with Crippen molar-refractivity contribution in [2.24, 2.45) is 0 Å². The third kappa shape index (κ3) is 0.858. The second-order valence-corrected chi connectivity index (χ2v) is 3.51. The lowest BCUT2D eigenvalue weighted by Crippen LogP contribution is -1.76. The van der Waals surface area contributed by atoms with Crippen molar-refractivity contribution in [1.82, 2.24) is 0 Å². The molecule has 0 radical (unpaired) electrons. The van der Waals surface area contributed by atoms with Gasteiger partial charge in [-0.2, -0.15) is 5.26 Å². The predicted molar refractivity (Wildman–Crippen MR) is 51.0 cm³/mol. The molecule has 0 aliphatic heterocycles. The minimum absolute atomic E-state index is 0.697. The summed E-state index contributed by atoms with van der Waals surface area (Å²) in [5.74, 6) is 0. The zero-order valence-corrected chi connectivity index (χ0v) is 7.06. The van der Waals surface area contributed by atoms with Gasteiger partial charge in [0.05, 0.1) is 5.00 Å². The van der Waals surface area contributed by atoms with E-state index in [1.807, 2.05) is 24.3 Å². The molecule has 3 heteroatoms. The quantitative estimate of drug-likeness (QED) is 0.666. The first kappa shape index (κ1) is 7.14. The molecule has 1 aromatic carbocycles. The van der Waals surface area contributed by atoms with Gasteiger partial charge in [-0.05, 0) is 0 Å². The largest absolute Gasteiger partial charge is 0.390 e. The lowest BCUT2D eigenvalue weighted by Gasteiger charge is -1.87. The maximum atomic E-state index is 8.75. The molecular formula is C9H6N2S. The number of benzene rings is 1. The molecule has 58 valence electrons. The van der Waals surface area contributed by atoms with Crippen LogP contribution in [0.2, 0.25) is 0 Å². The average Bonchev–Trinajstić information content (AvgIpc) is 2.44. The fourth-order valence-electron chi connectivity index (χ4n) is 1.20. The normalized spacial score (nSPS) is 9.92. The van der Waals surface area contributed by atoms with E-state index in [9.17, 15) is 0 Å². The van der Waals surface area contributed by atoms with Gasteiger partial charge < -0.3 is 5.73 Å². The monoisotopic (exact) mass is 174 g/mol. The maximum Gasteiger partial charge on any atom is 0.114 e. The molecule has 0 unspecified atom stereocenters. The van der Waals surface area contributed by atoms with E-state index in [1.165, 1.54) is 11.3 Å². The number of nitrogens with zero attached hydrogens (tertiary/aromatic N) is 1. The molecule has 0 aliphatic rings. The summed E-state index contributed by atoms with van der Waals surface area (Å²) < 4.78 is 0. The maximum absolute atomic E-state index is 8.75. The van der Waals surface area contributed by atoms with Gasteiger partial charge in [-0.1, -0.05) is 24.3 Å². The molecule has 2 rings (SSSR count). The summed E-state index contributed by atoms with van der Waals surface area (Å²) in [7, 11) is 0. The molecule has 0 aliphatic carbocycles. The van der Waals surface area contributed by atoms with E-state index >= 15 is 0 Å². The molecule has 12 heavy (non-hydrogen) atoms. The van der Waals surface area contributed by atoms with Crippen LogP contribution in [0.5, 0.6) is 0 Å². The lowest BCUT2D eigenvalue weighted by molar-refractivity contribution is 1.53. The Labute approximate surface area is 73.9 Å². The second-order valence-electron chi connectivity index (χ2n) is 2.45. The van der Waals surface area contributed by atoms with Gasteiger partial charge in [0.25, 0.3) is 0 Å². The van der Waals surface area contributed by atoms with E-state index < -0.39 is 0 Å². The van der Waals surface area contributed by atoms with Crippen LogP contribution in [0.3, 0.4) is 0 Å². The molecule has 2 N–H and O–H groups in total. The Hall–Kier alpha value is -1.53. The fraction of sp³-hybridized carbons (Fsp3) is 0. The second kappa shape index (κ2) is 2.50. The number of fused-ring (bicyclic) bond motifs is 1. The first-order valence-corrected chi connectivity index (χ1v) is 4.31. The van der Waals surface area contributed by atoms with Crippen LogP contribution < -0.4 is 5.73 Å². The van der Waals surface area contributed by atoms with Gasteiger partial charge in [0.1, 0.15) is 10.9 Å². The minimum Gasteiger partial charge on any atom is -0.390 e. The summed E-state index contributed by atoms with van der Waals surface area (Å²) in [5, 5.41) is 11.4. The Morgan fingerprint density at radius 2 is 1.92 bits per heavy atom. The van der Waals surface area contributed by atoms with Gasteiger partial charge in [0.15, 0.2) is 0 Å². The highest BCUT2D eigenvalue weighted by Crippen LogP contribution is 2.32. The number of nitrogen functional groups attached to an aromatic ring is 1. The van der Waals surface area contributed by atoms with Crippen molar-refractivity contribution in [3.05, 3.63) is 29.1 Å². The Kier molecular flexibility index (Phi) is 1.49. The lowest BCUT2D eigenvalue weighted by atomic mass is 10.2. The summed E-state index contributed by atoms with van der Waals surface area (Å²) in [6, 6.07) is 9.81. The molecule has 0 bridgehead atoms. The fourth-order valence-corrected chi connectivity index (χ4v) is 2.04. The number of hydrogen-bond acceptors (Lipinski definition) is 3. The van der Waals surface area contributed by atoms with E-state index in [4.69, 9.17) is 11.0 Å². The van der Waals surface area contributed by atoms with Crippen LogP contribution in [0, 0.1) is 11.3 Å². The van der Waals surface area contributed by atoms with Crippen LogP contribution in [0.4, 0.5) is 5.00 Å². The summed E-state index contributed by atoms with van der Waals surface area (Å²) in [4.78, 5) is 0.697. The van der Waals surface area contributed by atoms with E-state index in [0.29, 0.717) is 4.88 Å². The molecule has 1 aromatic heterocycles. The predicted octanol–water partition coefficient (Wildman–Crippen LogP) is 2.36. The molecule has 1 heterocycles.